The summed E-state index contributed by atoms with van der Waals surface area (Å²) >= 11 is 3.21. The maximum Gasteiger partial charge on any atom is 0.234 e. The van der Waals surface area contributed by atoms with E-state index in [0.29, 0.717) is 19.5 Å². The lowest BCUT2D eigenvalue weighted by molar-refractivity contribution is -0.135. The normalized spacial score (nSPS) is 23.4. The third-order valence-corrected chi connectivity index (χ3v) is 8.74. The van der Waals surface area contributed by atoms with Crippen LogP contribution >= 0.6 is 23.5 Å². The van der Waals surface area contributed by atoms with E-state index in [4.69, 9.17) is 9.98 Å². The molecule has 2 amide bonds. The molecule has 2 aromatic heterocycles. The third kappa shape index (κ3) is 5.20. The zero-order valence-electron chi connectivity index (χ0n) is 20.9. The number of hydrogen-bond acceptors (Lipinski definition) is 9. The number of hydrogen-bond donors (Lipinski definition) is 2. The molecule has 1 saturated heterocycles. The number of rotatable bonds is 10. The Kier molecular flexibility index (Phi) is 8.00. The molecule has 3 unspecified atom stereocenters. The van der Waals surface area contributed by atoms with Gasteiger partial charge >= 0.3 is 0 Å². The number of nitrogens with one attached hydrogen (secondary N) is 2. The van der Waals surface area contributed by atoms with Crippen LogP contribution in [0.1, 0.15) is 52.4 Å². The van der Waals surface area contributed by atoms with Crippen molar-refractivity contribution in [2.45, 2.75) is 76.2 Å². The molecule has 5 rings (SSSR count). The number of amides is 2. The van der Waals surface area contributed by atoms with Gasteiger partial charge in [0.1, 0.15) is 5.82 Å². The van der Waals surface area contributed by atoms with Crippen LogP contribution in [0.4, 0.5) is 5.82 Å². The van der Waals surface area contributed by atoms with E-state index >= 15 is 0 Å². The predicted octanol–water partition coefficient (Wildman–Crippen LogP) is 3.14. The molecule has 4 heterocycles. The maximum atomic E-state index is 13.2. The molecule has 12 heteroatoms. The molecule has 1 saturated carbocycles. The standard InChI is InChI=1S/C24H34N8O2S2/c1-3-9-26-20-17-13-27-31(21(17)30-23(29-20)35-4-2)11-10-25-19(33)12-15-14-36-24-28-18-8-6-5-7-16(18)22(34)32(15)24/h13,15-16,18H,3-12,14H2,1-2H3,(H,25,33)(H,26,29,30). The van der Waals surface area contributed by atoms with Gasteiger partial charge in [0.2, 0.25) is 11.8 Å². The second-order valence-corrected chi connectivity index (χ2v) is 11.6. The summed E-state index contributed by atoms with van der Waals surface area (Å²) in [6, 6.07) is 0.0161. The van der Waals surface area contributed by atoms with Gasteiger partial charge in [-0.2, -0.15) is 5.10 Å². The smallest absolute Gasteiger partial charge is 0.234 e. The Labute approximate surface area is 219 Å². The van der Waals surface area contributed by atoms with Gasteiger partial charge in [0.25, 0.3) is 0 Å². The van der Waals surface area contributed by atoms with Gasteiger partial charge in [0.15, 0.2) is 16.0 Å². The van der Waals surface area contributed by atoms with Gasteiger partial charge in [-0.15, -0.1) is 0 Å². The molecule has 2 fully saturated rings. The van der Waals surface area contributed by atoms with Crippen molar-refractivity contribution in [1.82, 2.24) is 30.0 Å². The first-order valence-corrected chi connectivity index (χ1v) is 15.0. The van der Waals surface area contributed by atoms with E-state index in [0.717, 1.165) is 77.3 Å². The summed E-state index contributed by atoms with van der Waals surface area (Å²) in [6.07, 6.45) is 7.22. The lowest BCUT2D eigenvalue weighted by atomic mass is 9.83. The maximum absolute atomic E-state index is 13.2. The third-order valence-electron chi connectivity index (χ3n) is 6.89. The number of anilines is 1. The van der Waals surface area contributed by atoms with Crippen LogP contribution in [0, 0.1) is 5.92 Å². The molecule has 0 bridgehead atoms. The molecule has 1 aliphatic carbocycles. The van der Waals surface area contributed by atoms with Crippen LogP contribution in [0.5, 0.6) is 0 Å². The van der Waals surface area contributed by atoms with Gasteiger partial charge in [-0.25, -0.2) is 14.6 Å². The second kappa shape index (κ2) is 11.4. The molecule has 36 heavy (non-hydrogen) atoms. The van der Waals surface area contributed by atoms with Crippen LogP contribution in [0.25, 0.3) is 11.0 Å². The van der Waals surface area contributed by atoms with E-state index in [1.165, 1.54) is 0 Å². The minimum Gasteiger partial charge on any atom is -0.369 e. The SMILES string of the molecule is CCCNc1nc(SCC)nc2c1cnn2CCNC(=O)CC1CSC2=NC3CCCCC3C(=O)N21. The van der Waals surface area contributed by atoms with E-state index in [9.17, 15) is 9.59 Å². The fraction of sp³-hybridized carbons (Fsp3) is 0.667. The second-order valence-electron chi connectivity index (χ2n) is 9.42. The Bertz CT molecular complexity index is 1150. The highest BCUT2D eigenvalue weighted by Gasteiger charge is 2.45. The van der Waals surface area contributed by atoms with Crippen LogP contribution in [0.2, 0.25) is 0 Å². The van der Waals surface area contributed by atoms with Gasteiger partial charge in [-0.3, -0.25) is 19.5 Å². The van der Waals surface area contributed by atoms with Gasteiger partial charge in [0.05, 0.1) is 36.1 Å². The Morgan fingerprint density at radius 3 is 2.92 bits per heavy atom. The minimum absolute atomic E-state index is 0.00526. The molecule has 0 aromatic carbocycles. The number of amidine groups is 1. The van der Waals surface area contributed by atoms with E-state index in [2.05, 4.69) is 34.6 Å². The minimum atomic E-state index is -0.122. The Morgan fingerprint density at radius 2 is 2.08 bits per heavy atom. The average Bonchev–Trinajstić information content (AvgIpc) is 3.47. The molecule has 0 spiro atoms. The van der Waals surface area contributed by atoms with Crippen LogP contribution in [-0.2, 0) is 16.1 Å². The highest BCUT2D eigenvalue weighted by atomic mass is 32.2. The van der Waals surface area contributed by atoms with Crippen molar-refractivity contribution in [3.63, 3.8) is 0 Å². The first kappa shape index (κ1) is 25.3. The van der Waals surface area contributed by atoms with E-state index in [1.54, 1.807) is 29.7 Å². The summed E-state index contributed by atoms with van der Waals surface area (Å²) < 4.78 is 1.82. The lowest BCUT2D eigenvalue weighted by Crippen LogP contribution is -2.51. The number of carbonyl (C=O) groups excluding carboxylic acids is 2. The Morgan fingerprint density at radius 1 is 1.22 bits per heavy atom. The van der Waals surface area contributed by atoms with Crippen molar-refractivity contribution in [2.24, 2.45) is 10.9 Å². The summed E-state index contributed by atoms with van der Waals surface area (Å²) in [4.78, 5) is 42.0. The van der Waals surface area contributed by atoms with E-state index < -0.39 is 0 Å². The zero-order valence-corrected chi connectivity index (χ0v) is 22.5. The van der Waals surface area contributed by atoms with Gasteiger partial charge in [-0.1, -0.05) is 50.2 Å². The molecule has 2 aromatic rings. The quantitative estimate of drug-likeness (QED) is 0.355. The number of thioether (sulfide) groups is 2. The molecular weight excluding hydrogens is 496 g/mol. The summed E-state index contributed by atoms with van der Waals surface area (Å²) in [6.45, 7) is 5.97. The van der Waals surface area contributed by atoms with Crippen molar-refractivity contribution in [2.75, 3.05) is 29.9 Å². The topological polar surface area (TPSA) is 117 Å². The summed E-state index contributed by atoms with van der Waals surface area (Å²) in [5, 5.41) is 13.3. The molecule has 194 valence electrons. The molecular formula is C24H34N8O2S2. The van der Waals surface area contributed by atoms with Gasteiger partial charge < -0.3 is 10.6 Å². The van der Waals surface area contributed by atoms with Crippen molar-refractivity contribution in [3.05, 3.63) is 6.20 Å². The van der Waals surface area contributed by atoms with Crippen LogP contribution in [0.3, 0.4) is 0 Å². The van der Waals surface area contributed by atoms with Gasteiger partial charge in [-0.05, 0) is 25.0 Å². The predicted molar refractivity (Wildman–Crippen MR) is 144 cm³/mol. The monoisotopic (exact) mass is 530 g/mol. The van der Waals surface area contributed by atoms with E-state index in [1.807, 2.05) is 9.58 Å². The number of carbonyl (C=O) groups is 2. The van der Waals surface area contributed by atoms with Crippen LogP contribution in [0.15, 0.2) is 16.3 Å². The summed E-state index contributed by atoms with van der Waals surface area (Å²) in [7, 11) is 0. The highest BCUT2D eigenvalue weighted by Crippen LogP contribution is 2.38. The average molecular weight is 531 g/mol. The van der Waals surface area contributed by atoms with E-state index in [-0.39, 0.29) is 29.8 Å². The first-order chi connectivity index (χ1) is 17.6. The Hall–Kier alpha value is -2.34. The lowest BCUT2D eigenvalue weighted by Gasteiger charge is -2.37. The fourth-order valence-corrected chi connectivity index (χ4v) is 6.89. The molecule has 2 N–H and O–H groups in total. The zero-order chi connectivity index (χ0) is 25.1. The van der Waals surface area contributed by atoms with Crippen LogP contribution < -0.4 is 10.6 Å². The Balaban J connectivity index is 1.20. The van der Waals surface area contributed by atoms with Crippen molar-refractivity contribution in [1.29, 1.82) is 0 Å². The van der Waals surface area contributed by atoms with Crippen molar-refractivity contribution >= 4 is 57.4 Å². The molecule has 3 aliphatic rings. The fourth-order valence-electron chi connectivity index (χ4n) is 5.13. The molecule has 0 radical (unpaired) electrons. The van der Waals surface area contributed by atoms with Crippen LogP contribution in [-0.4, -0.2) is 78.3 Å². The number of nitrogens with zero attached hydrogens (tertiary/aromatic N) is 6. The number of fused-ring (bicyclic) bond motifs is 3. The summed E-state index contributed by atoms with van der Waals surface area (Å²) in [5.41, 5.74) is 0.766. The molecule has 3 atom stereocenters. The van der Waals surface area contributed by atoms with Crippen molar-refractivity contribution in [3.8, 4) is 0 Å². The number of aliphatic imine (C=N–C) groups is 1. The largest absolute Gasteiger partial charge is 0.369 e. The number of aromatic nitrogens is 4. The van der Waals surface area contributed by atoms with Crippen molar-refractivity contribution < 1.29 is 9.59 Å². The summed E-state index contributed by atoms with van der Waals surface area (Å²) in [5.74, 6) is 2.52. The first-order valence-electron chi connectivity index (χ1n) is 13.0. The molecule has 2 aliphatic heterocycles. The van der Waals surface area contributed by atoms with Gasteiger partial charge in [0, 0.05) is 25.3 Å². The molecule has 10 nitrogen and oxygen atoms in total. The highest BCUT2D eigenvalue weighted by molar-refractivity contribution is 8.14.